The summed E-state index contributed by atoms with van der Waals surface area (Å²) in [7, 11) is 0. The van der Waals surface area contributed by atoms with Gasteiger partial charge in [0.1, 0.15) is 6.54 Å². The van der Waals surface area contributed by atoms with E-state index in [0.29, 0.717) is 12.1 Å². The number of carbonyl (C=O) groups is 2. The van der Waals surface area contributed by atoms with Gasteiger partial charge in [0, 0.05) is 30.9 Å². The first-order valence-corrected chi connectivity index (χ1v) is 9.19. The number of rotatable bonds is 5. The van der Waals surface area contributed by atoms with Crippen LogP contribution < -0.4 is 5.32 Å². The Morgan fingerprint density at radius 2 is 1.77 bits per heavy atom. The van der Waals surface area contributed by atoms with Crippen molar-refractivity contribution in [1.29, 1.82) is 0 Å². The third-order valence-corrected chi connectivity index (χ3v) is 4.73. The van der Waals surface area contributed by atoms with Gasteiger partial charge in [-0.1, -0.05) is 12.1 Å². The van der Waals surface area contributed by atoms with Crippen LogP contribution in [0.2, 0.25) is 0 Å². The Balaban J connectivity index is 1.51. The van der Waals surface area contributed by atoms with E-state index in [-0.39, 0.29) is 18.4 Å². The van der Waals surface area contributed by atoms with Crippen molar-refractivity contribution in [1.82, 2.24) is 20.0 Å². The van der Waals surface area contributed by atoms with Crippen LogP contribution in [0.25, 0.3) is 0 Å². The van der Waals surface area contributed by atoms with Gasteiger partial charge in [0.15, 0.2) is 0 Å². The van der Waals surface area contributed by atoms with E-state index in [1.165, 1.54) is 6.42 Å². The number of carbonyl (C=O) groups excluding carboxylic acids is 2. The second-order valence-electron chi connectivity index (χ2n) is 6.91. The van der Waals surface area contributed by atoms with Crippen LogP contribution in [0.1, 0.15) is 46.6 Å². The monoisotopic (exact) mass is 354 g/mol. The van der Waals surface area contributed by atoms with Crippen molar-refractivity contribution in [2.75, 3.05) is 13.1 Å². The molecule has 2 aromatic rings. The largest absolute Gasteiger partial charge is 0.350 e. The molecular formula is C20H26N4O2. The van der Waals surface area contributed by atoms with Crippen LogP contribution in [0.5, 0.6) is 0 Å². The molecule has 0 radical (unpaired) electrons. The quantitative estimate of drug-likeness (QED) is 0.897. The number of aromatic nitrogens is 2. The molecule has 1 N–H and O–H groups in total. The van der Waals surface area contributed by atoms with E-state index in [2.05, 4.69) is 10.4 Å². The molecule has 2 heterocycles. The first-order chi connectivity index (χ1) is 12.5. The van der Waals surface area contributed by atoms with Crippen LogP contribution in [0.15, 0.2) is 30.3 Å². The Morgan fingerprint density at radius 1 is 1.08 bits per heavy atom. The van der Waals surface area contributed by atoms with Crippen molar-refractivity contribution in [2.45, 2.75) is 46.2 Å². The minimum absolute atomic E-state index is 0.0790. The highest BCUT2D eigenvalue weighted by molar-refractivity contribution is 5.94. The SMILES string of the molecule is Cc1cc(C)n(CC(=O)NCc2ccc(C(=O)N3CCCCC3)cc2)n1. The maximum Gasteiger partial charge on any atom is 0.253 e. The summed E-state index contributed by atoms with van der Waals surface area (Å²) >= 11 is 0. The summed E-state index contributed by atoms with van der Waals surface area (Å²) in [6.07, 6.45) is 3.39. The summed E-state index contributed by atoms with van der Waals surface area (Å²) in [4.78, 5) is 26.5. The Morgan fingerprint density at radius 3 is 2.38 bits per heavy atom. The van der Waals surface area contributed by atoms with Crippen molar-refractivity contribution in [2.24, 2.45) is 0 Å². The van der Waals surface area contributed by atoms with E-state index in [4.69, 9.17) is 0 Å². The zero-order valence-corrected chi connectivity index (χ0v) is 15.5. The first kappa shape index (κ1) is 18.2. The minimum atomic E-state index is -0.0790. The number of aryl methyl sites for hydroxylation is 2. The Bertz CT molecular complexity index is 774. The molecule has 1 fully saturated rings. The van der Waals surface area contributed by atoms with Crippen molar-refractivity contribution in [3.05, 3.63) is 52.8 Å². The Kier molecular flexibility index (Phi) is 5.71. The van der Waals surface area contributed by atoms with E-state index in [1.807, 2.05) is 49.1 Å². The third-order valence-electron chi connectivity index (χ3n) is 4.73. The van der Waals surface area contributed by atoms with Gasteiger partial charge in [-0.3, -0.25) is 14.3 Å². The molecule has 1 saturated heterocycles. The lowest BCUT2D eigenvalue weighted by Gasteiger charge is -2.26. The van der Waals surface area contributed by atoms with Gasteiger partial charge in [-0.2, -0.15) is 5.10 Å². The average Bonchev–Trinajstić information content (AvgIpc) is 2.97. The zero-order chi connectivity index (χ0) is 18.5. The molecule has 0 unspecified atom stereocenters. The molecule has 0 spiro atoms. The van der Waals surface area contributed by atoms with Crippen molar-refractivity contribution in [3.8, 4) is 0 Å². The van der Waals surface area contributed by atoms with Crippen molar-refractivity contribution >= 4 is 11.8 Å². The fourth-order valence-corrected chi connectivity index (χ4v) is 3.27. The van der Waals surface area contributed by atoms with Crippen molar-refractivity contribution in [3.63, 3.8) is 0 Å². The summed E-state index contributed by atoms with van der Waals surface area (Å²) in [5.74, 6) is 0.0227. The predicted molar refractivity (Wildman–Crippen MR) is 99.7 cm³/mol. The average molecular weight is 354 g/mol. The Hall–Kier alpha value is -2.63. The number of hydrogen-bond donors (Lipinski definition) is 1. The Labute approximate surface area is 154 Å². The summed E-state index contributed by atoms with van der Waals surface area (Å²) < 4.78 is 1.70. The van der Waals surface area contributed by atoms with Crippen LogP contribution in [0.3, 0.4) is 0 Å². The van der Waals surface area contributed by atoms with E-state index >= 15 is 0 Å². The van der Waals surface area contributed by atoms with E-state index in [9.17, 15) is 9.59 Å². The highest BCUT2D eigenvalue weighted by Gasteiger charge is 2.17. The smallest absolute Gasteiger partial charge is 0.253 e. The van der Waals surface area contributed by atoms with Gasteiger partial charge in [-0.15, -0.1) is 0 Å². The summed E-state index contributed by atoms with van der Waals surface area (Å²) in [5, 5.41) is 7.20. The zero-order valence-electron chi connectivity index (χ0n) is 15.5. The van der Waals surface area contributed by atoms with Gasteiger partial charge < -0.3 is 10.2 Å². The number of piperidine rings is 1. The molecule has 1 aliphatic heterocycles. The van der Waals surface area contributed by atoms with Gasteiger partial charge in [0.25, 0.3) is 5.91 Å². The molecule has 3 rings (SSSR count). The number of nitrogens with one attached hydrogen (secondary N) is 1. The van der Waals surface area contributed by atoms with Gasteiger partial charge >= 0.3 is 0 Å². The second kappa shape index (κ2) is 8.17. The molecule has 138 valence electrons. The fourth-order valence-electron chi connectivity index (χ4n) is 3.27. The molecule has 1 aromatic heterocycles. The van der Waals surface area contributed by atoms with E-state index < -0.39 is 0 Å². The fraction of sp³-hybridized carbons (Fsp3) is 0.450. The van der Waals surface area contributed by atoms with E-state index in [0.717, 1.165) is 42.9 Å². The number of benzene rings is 1. The summed E-state index contributed by atoms with van der Waals surface area (Å²) in [5.41, 5.74) is 3.56. The molecule has 6 nitrogen and oxygen atoms in total. The molecular weight excluding hydrogens is 328 g/mol. The maximum absolute atomic E-state index is 12.5. The predicted octanol–water partition coefficient (Wildman–Crippen LogP) is 2.44. The second-order valence-corrected chi connectivity index (χ2v) is 6.91. The molecule has 2 amide bonds. The highest BCUT2D eigenvalue weighted by Crippen LogP contribution is 2.14. The topological polar surface area (TPSA) is 67.2 Å². The van der Waals surface area contributed by atoms with Gasteiger partial charge in [0.05, 0.1) is 5.69 Å². The number of likely N-dealkylation sites (tertiary alicyclic amines) is 1. The van der Waals surface area contributed by atoms with Crippen LogP contribution in [-0.2, 0) is 17.9 Å². The highest BCUT2D eigenvalue weighted by atomic mass is 16.2. The minimum Gasteiger partial charge on any atom is -0.350 e. The number of amides is 2. The first-order valence-electron chi connectivity index (χ1n) is 9.19. The maximum atomic E-state index is 12.5. The number of hydrogen-bond acceptors (Lipinski definition) is 3. The molecule has 1 aliphatic rings. The van der Waals surface area contributed by atoms with Gasteiger partial charge in [-0.25, -0.2) is 0 Å². The van der Waals surface area contributed by atoms with Gasteiger partial charge in [-0.05, 0) is 56.9 Å². The molecule has 0 aliphatic carbocycles. The van der Waals surface area contributed by atoms with Crippen LogP contribution in [-0.4, -0.2) is 39.6 Å². The molecule has 26 heavy (non-hydrogen) atoms. The lowest BCUT2D eigenvalue weighted by Crippen LogP contribution is -2.35. The summed E-state index contributed by atoms with van der Waals surface area (Å²) in [6.45, 7) is 6.20. The van der Waals surface area contributed by atoms with Crippen LogP contribution >= 0.6 is 0 Å². The normalized spacial score (nSPS) is 14.3. The lowest BCUT2D eigenvalue weighted by atomic mass is 10.1. The molecule has 0 saturated carbocycles. The van der Waals surface area contributed by atoms with E-state index in [1.54, 1.807) is 4.68 Å². The molecule has 6 heteroatoms. The summed E-state index contributed by atoms with van der Waals surface area (Å²) in [6, 6.07) is 9.45. The van der Waals surface area contributed by atoms with Crippen LogP contribution in [0.4, 0.5) is 0 Å². The van der Waals surface area contributed by atoms with Crippen LogP contribution in [0, 0.1) is 13.8 Å². The number of nitrogens with zero attached hydrogens (tertiary/aromatic N) is 3. The molecule has 1 aromatic carbocycles. The molecule has 0 bridgehead atoms. The lowest BCUT2D eigenvalue weighted by molar-refractivity contribution is -0.122. The van der Waals surface area contributed by atoms with Crippen molar-refractivity contribution < 1.29 is 9.59 Å². The standard InChI is InChI=1S/C20H26N4O2/c1-15-12-16(2)24(22-15)14-19(25)21-13-17-6-8-18(9-7-17)20(26)23-10-4-3-5-11-23/h6-9,12H,3-5,10-11,13-14H2,1-2H3,(H,21,25). The molecule has 0 atom stereocenters. The van der Waals surface area contributed by atoms with Gasteiger partial charge in [0.2, 0.25) is 5.91 Å². The third kappa shape index (κ3) is 4.50.